The molecule has 0 radical (unpaired) electrons. The zero-order valence-corrected chi connectivity index (χ0v) is 19.4. The third kappa shape index (κ3) is 8.73. The average Bonchev–Trinajstić information content (AvgIpc) is 2.74. The molecule has 1 aliphatic heterocycles. The van der Waals surface area contributed by atoms with E-state index in [2.05, 4.69) is 12.2 Å². The van der Waals surface area contributed by atoms with Crippen molar-refractivity contribution in [3.63, 3.8) is 0 Å². The van der Waals surface area contributed by atoms with Gasteiger partial charge in [0.15, 0.2) is 5.57 Å². The van der Waals surface area contributed by atoms with Crippen molar-refractivity contribution in [2.24, 2.45) is 0 Å². The molecule has 0 saturated carbocycles. The van der Waals surface area contributed by atoms with Crippen LogP contribution < -0.4 is 5.32 Å². The quantitative estimate of drug-likeness (QED) is 0.185. The maximum Gasteiger partial charge on any atom is 0.350 e. The van der Waals surface area contributed by atoms with Crippen LogP contribution in [0.25, 0.3) is 0 Å². The van der Waals surface area contributed by atoms with Gasteiger partial charge in [-0.3, -0.25) is 0 Å². The molecule has 1 fully saturated rings. The molecule has 1 aromatic carbocycles. The Labute approximate surface area is 190 Å². The standard InChI is InChI=1S/C25H35NO6/c1-4-5-6-7-8-9-10-11-12-17-30-22(27)19-13-15-20(16-14-19)26-18-21-23(28)31-25(2,3)32-24(21)29/h13-16,18,26H,4-12,17H2,1-3H3. The van der Waals surface area contributed by atoms with Crippen molar-refractivity contribution in [2.45, 2.75) is 84.3 Å². The predicted octanol–water partition coefficient (Wildman–Crippen LogP) is 5.51. The lowest BCUT2D eigenvalue weighted by Crippen LogP contribution is -2.42. The Kier molecular flexibility index (Phi) is 10.2. The minimum absolute atomic E-state index is 0.228. The monoisotopic (exact) mass is 445 g/mol. The summed E-state index contributed by atoms with van der Waals surface area (Å²) in [5.41, 5.74) is 0.810. The van der Waals surface area contributed by atoms with Crippen LogP contribution in [0.15, 0.2) is 36.0 Å². The van der Waals surface area contributed by atoms with Gasteiger partial charge in [-0.15, -0.1) is 0 Å². The molecular formula is C25H35NO6. The minimum Gasteiger partial charge on any atom is -0.462 e. The van der Waals surface area contributed by atoms with Crippen LogP contribution in [0, 0.1) is 0 Å². The average molecular weight is 446 g/mol. The van der Waals surface area contributed by atoms with E-state index in [1.165, 1.54) is 65.0 Å². The van der Waals surface area contributed by atoms with Crippen LogP contribution in [0.2, 0.25) is 0 Å². The summed E-state index contributed by atoms with van der Waals surface area (Å²) in [6, 6.07) is 6.57. The van der Waals surface area contributed by atoms with E-state index >= 15 is 0 Å². The summed E-state index contributed by atoms with van der Waals surface area (Å²) in [7, 11) is 0. The van der Waals surface area contributed by atoms with Crippen LogP contribution in [0.3, 0.4) is 0 Å². The van der Waals surface area contributed by atoms with E-state index in [0.717, 1.165) is 12.8 Å². The molecular weight excluding hydrogens is 410 g/mol. The maximum absolute atomic E-state index is 12.2. The van der Waals surface area contributed by atoms with Crippen molar-refractivity contribution in [3.8, 4) is 0 Å². The van der Waals surface area contributed by atoms with E-state index in [-0.39, 0.29) is 11.5 Å². The highest BCUT2D eigenvalue weighted by Gasteiger charge is 2.38. The lowest BCUT2D eigenvalue weighted by molar-refractivity contribution is -0.222. The van der Waals surface area contributed by atoms with Gasteiger partial charge in [0, 0.05) is 25.7 Å². The molecule has 0 spiro atoms. The third-order valence-corrected chi connectivity index (χ3v) is 5.10. The van der Waals surface area contributed by atoms with E-state index in [1.807, 2.05) is 0 Å². The Balaban J connectivity index is 1.68. The highest BCUT2D eigenvalue weighted by molar-refractivity contribution is 6.15. The lowest BCUT2D eigenvalue weighted by Gasteiger charge is -2.29. The first-order chi connectivity index (χ1) is 15.3. The van der Waals surface area contributed by atoms with Crippen molar-refractivity contribution < 1.29 is 28.6 Å². The second-order valence-corrected chi connectivity index (χ2v) is 8.42. The second-order valence-electron chi connectivity index (χ2n) is 8.42. The van der Waals surface area contributed by atoms with Crippen LogP contribution in [-0.4, -0.2) is 30.3 Å². The molecule has 32 heavy (non-hydrogen) atoms. The molecule has 0 aromatic heterocycles. The smallest absolute Gasteiger partial charge is 0.350 e. The molecule has 0 bridgehead atoms. The molecule has 176 valence electrons. The molecule has 2 rings (SSSR count). The van der Waals surface area contributed by atoms with E-state index in [0.29, 0.717) is 17.9 Å². The van der Waals surface area contributed by atoms with Gasteiger partial charge in [0.1, 0.15) is 0 Å². The van der Waals surface area contributed by atoms with Crippen molar-refractivity contribution >= 4 is 23.6 Å². The first kappa shape index (κ1) is 25.4. The van der Waals surface area contributed by atoms with E-state index in [4.69, 9.17) is 14.2 Å². The molecule has 0 atom stereocenters. The maximum atomic E-state index is 12.2. The van der Waals surface area contributed by atoms with Crippen LogP contribution >= 0.6 is 0 Å². The van der Waals surface area contributed by atoms with Gasteiger partial charge in [0.2, 0.25) is 0 Å². The normalized spacial score (nSPS) is 15.0. The number of carbonyl (C=O) groups excluding carboxylic acids is 3. The van der Waals surface area contributed by atoms with Gasteiger partial charge in [-0.05, 0) is 30.7 Å². The van der Waals surface area contributed by atoms with Crippen LogP contribution in [0.5, 0.6) is 0 Å². The molecule has 1 saturated heterocycles. The van der Waals surface area contributed by atoms with E-state index in [9.17, 15) is 14.4 Å². The molecule has 0 amide bonds. The topological polar surface area (TPSA) is 90.9 Å². The van der Waals surface area contributed by atoms with Crippen molar-refractivity contribution in [2.75, 3.05) is 11.9 Å². The van der Waals surface area contributed by atoms with Gasteiger partial charge in [-0.2, -0.15) is 0 Å². The van der Waals surface area contributed by atoms with Crippen molar-refractivity contribution in [3.05, 3.63) is 41.6 Å². The number of rotatable bonds is 13. The van der Waals surface area contributed by atoms with Crippen LogP contribution in [0.1, 0.15) is 88.9 Å². The Hall–Kier alpha value is -2.83. The second kappa shape index (κ2) is 12.9. The van der Waals surface area contributed by atoms with Gasteiger partial charge in [0.05, 0.1) is 12.2 Å². The highest BCUT2D eigenvalue weighted by atomic mass is 16.7. The molecule has 7 nitrogen and oxygen atoms in total. The largest absolute Gasteiger partial charge is 0.462 e. The van der Waals surface area contributed by atoms with Crippen LogP contribution in [0.4, 0.5) is 5.69 Å². The first-order valence-electron chi connectivity index (χ1n) is 11.5. The number of carbonyl (C=O) groups is 3. The SMILES string of the molecule is CCCCCCCCCCCOC(=O)c1ccc(NC=C2C(=O)OC(C)(C)OC2=O)cc1. The molecule has 1 heterocycles. The zero-order valence-electron chi connectivity index (χ0n) is 19.4. The Morgan fingerprint density at radius 2 is 1.44 bits per heavy atom. The fraction of sp³-hybridized carbons (Fsp3) is 0.560. The Morgan fingerprint density at radius 3 is 2.00 bits per heavy atom. The fourth-order valence-corrected chi connectivity index (χ4v) is 3.30. The zero-order chi connectivity index (χ0) is 23.4. The predicted molar refractivity (Wildman–Crippen MR) is 122 cm³/mol. The molecule has 1 aliphatic rings. The molecule has 0 aliphatic carbocycles. The number of anilines is 1. The van der Waals surface area contributed by atoms with Gasteiger partial charge < -0.3 is 19.5 Å². The number of ether oxygens (including phenoxy) is 3. The summed E-state index contributed by atoms with van der Waals surface area (Å²) in [6.07, 6.45) is 12.1. The van der Waals surface area contributed by atoms with Gasteiger partial charge in [-0.1, -0.05) is 58.3 Å². The summed E-state index contributed by atoms with van der Waals surface area (Å²) in [5, 5.41) is 2.84. The third-order valence-electron chi connectivity index (χ3n) is 5.10. The lowest BCUT2D eigenvalue weighted by atomic mass is 10.1. The summed E-state index contributed by atoms with van der Waals surface area (Å²) >= 11 is 0. The number of nitrogens with one attached hydrogen (secondary N) is 1. The Morgan fingerprint density at radius 1 is 0.906 bits per heavy atom. The summed E-state index contributed by atoms with van der Waals surface area (Å²) in [6.45, 7) is 5.61. The molecule has 0 unspecified atom stereocenters. The van der Waals surface area contributed by atoms with Crippen LogP contribution in [-0.2, 0) is 23.8 Å². The molecule has 7 heteroatoms. The minimum atomic E-state index is -1.28. The number of unbranched alkanes of at least 4 members (excludes halogenated alkanes) is 8. The van der Waals surface area contributed by atoms with Gasteiger partial charge in [-0.25, -0.2) is 14.4 Å². The van der Waals surface area contributed by atoms with E-state index in [1.54, 1.807) is 24.3 Å². The first-order valence-corrected chi connectivity index (χ1v) is 11.5. The summed E-state index contributed by atoms with van der Waals surface area (Å²) in [5.74, 6) is -3.15. The number of hydrogen-bond acceptors (Lipinski definition) is 7. The Bertz CT molecular complexity index is 775. The highest BCUT2D eigenvalue weighted by Crippen LogP contribution is 2.23. The summed E-state index contributed by atoms with van der Waals surface area (Å²) in [4.78, 5) is 36.0. The van der Waals surface area contributed by atoms with Crippen molar-refractivity contribution in [1.29, 1.82) is 0 Å². The van der Waals surface area contributed by atoms with Gasteiger partial charge in [0.25, 0.3) is 5.79 Å². The van der Waals surface area contributed by atoms with Crippen molar-refractivity contribution in [1.82, 2.24) is 0 Å². The fourth-order valence-electron chi connectivity index (χ4n) is 3.30. The summed E-state index contributed by atoms with van der Waals surface area (Å²) < 4.78 is 15.4. The number of esters is 3. The number of cyclic esters (lactones) is 2. The van der Waals surface area contributed by atoms with E-state index < -0.39 is 17.7 Å². The molecule has 1 N–H and O–H groups in total. The van der Waals surface area contributed by atoms with Gasteiger partial charge >= 0.3 is 17.9 Å². The number of hydrogen-bond donors (Lipinski definition) is 1. The number of benzene rings is 1. The molecule has 1 aromatic rings.